The summed E-state index contributed by atoms with van der Waals surface area (Å²) in [6.45, 7) is 14.2. The van der Waals surface area contributed by atoms with Gasteiger partial charge in [-0.25, -0.2) is 0 Å². The summed E-state index contributed by atoms with van der Waals surface area (Å²) in [4.78, 5) is 5.81. The predicted octanol–water partition coefficient (Wildman–Crippen LogP) is 12.3. The van der Waals surface area contributed by atoms with Gasteiger partial charge in [0.1, 0.15) is 0 Å². The third-order valence-electron chi connectivity index (χ3n) is 12.3. The molecular weight excluding hydrogens is 597 g/mol. The summed E-state index contributed by atoms with van der Waals surface area (Å²) in [5.74, 6) is 4.52. The molecular formula is C39H36S4. The fourth-order valence-corrected chi connectivity index (χ4v) is 15.0. The standard InChI is InChI=1S/C39H36S4/c1-18(2)27-8-21-6-7-26(27)30-11-24-15-35-34(14-23(24)10-29(21)30)41-38(42-35)37-40-33-13-22-9-28-19(3)39(5)17-32(20(39)4)31(28)12-25(22)16-36(33)43-37/h6-7,9-10,12-16,18-19,21,24,26-27,32H,4,8,11,17H2,1-3,5H3/b38-37-. The van der Waals surface area contributed by atoms with Gasteiger partial charge in [0.2, 0.25) is 0 Å². The van der Waals surface area contributed by atoms with Gasteiger partial charge in [-0.2, -0.15) is 0 Å². The molecule has 0 aromatic heterocycles. The third-order valence-corrected chi connectivity index (χ3v) is 17.9. The average molecular weight is 633 g/mol. The van der Waals surface area contributed by atoms with Gasteiger partial charge in [0.05, 0.1) is 8.47 Å². The summed E-state index contributed by atoms with van der Waals surface area (Å²) in [5.41, 5.74) is 9.82. The van der Waals surface area contributed by atoms with E-state index in [0.29, 0.717) is 29.6 Å². The molecule has 216 valence electrons. The molecule has 43 heavy (non-hydrogen) atoms. The number of hydrogen-bond donors (Lipinski definition) is 0. The molecule has 2 aromatic carbocycles. The molecule has 4 bridgehead atoms. The molecule has 0 amide bonds. The molecule has 8 aliphatic carbocycles. The minimum atomic E-state index is 0.289. The maximum Gasteiger partial charge on any atom is 0.0706 e. The van der Waals surface area contributed by atoms with Crippen molar-refractivity contribution in [3.8, 4) is 0 Å². The van der Waals surface area contributed by atoms with Crippen LogP contribution in [0.4, 0.5) is 0 Å². The molecule has 2 fully saturated rings. The van der Waals surface area contributed by atoms with Gasteiger partial charge in [0, 0.05) is 43.3 Å². The van der Waals surface area contributed by atoms with Crippen LogP contribution in [0, 0.1) is 35.0 Å². The van der Waals surface area contributed by atoms with Gasteiger partial charge in [-0.15, -0.1) is 0 Å². The smallest absolute Gasteiger partial charge is 0.0706 e. The monoisotopic (exact) mass is 632 g/mol. The van der Waals surface area contributed by atoms with Crippen LogP contribution in [0.25, 0.3) is 10.8 Å². The Labute approximate surface area is 272 Å². The lowest BCUT2D eigenvalue weighted by atomic mass is 9.46. The van der Waals surface area contributed by atoms with Crippen LogP contribution in [0.5, 0.6) is 0 Å². The molecule has 7 atom stereocenters. The highest BCUT2D eigenvalue weighted by Crippen LogP contribution is 2.68. The molecule has 0 radical (unpaired) electrons. The van der Waals surface area contributed by atoms with Gasteiger partial charge in [0.25, 0.3) is 0 Å². The lowest BCUT2D eigenvalue weighted by Gasteiger charge is -2.57. The van der Waals surface area contributed by atoms with E-state index in [1.54, 1.807) is 27.8 Å². The predicted molar refractivity (Wildman–Crippen MR) is 189 cm³/mol. The van der Waals surface area contributed by atoms with Crippen molar-refractivity contribution in [2.75, 3.05) is 0 Å². The topological polar surface area (TPSA) is 0 Å². The summed E-state index contributed by atoms with van der Waals surface area (Å²) in [6, 6.07) is 9.96. The highest BCUT2D eigenvalue weighted by molar-refractivity contribution is 8.33. The van der Waals surface area contributed by atoms with Crippen molar-refractivity contribution in [3.63, 3.8) is 0 Å². The molecule has 1 saturated carbocycles. The summed E-state index contributed by atoms with van der Waals surface area (Å²) in [6.07, 6.45) is 16.7. The molecule has 0 nitrogen and oxygen atoms in total. The summed E-state index contributed by atoms with van der Waals surface area (Å²) < 4.78 is 2.94. The van der Waals surface area contributed by atoms with Crippen LogP contribution in [0.3, 0.4) is 0 Å². The van der Waals surface area contributed by atoms with E-state index in [4.69, 9.17) is 0 Å². The number of rotatable bonds is 1. The van der Waals surface area contributed by atoms with Crippen molar-refractivity contribution in [2.45, 2.75) is 68.6 Å². The van der Waals surface area contributed by atoms with Crippen LogP contribution in [0.15, 0.2) is 112 Å². The van der Waals surface area contributed by atoms with Crippen molar-refractivity contribution >= 4 is 57.8 Å². The van der Waals surface area contributed by atoms with Crippen LogP contribution in [0.1, 0.15) is 69.9 Å². The summed E-state index contributed by atoms with van der Waals surface area (Å²) in [5, 5.41) is 2.80. The van der Waals surface area contributed by atoms with E-state index in [0.717, 1.165) is 11.8 Å². The van der Waals surface area contributed by atoms with Crippen LogP contribution >= 0.6 is 47.0 Å². The van der Waals surface area contributed by atoms with Gasteiger partial charge in [0.15, 0.2) is 0 Å². The van der Waals surface area contributed by atoms with Gasteiger partial charge >= 0.3 is 0 Å². The number of benzene rings is 2. The Hall–Kier alpha value is -1.72. The van der Waals surface area contributed by atoms with Gasteiger partial charge in [-0.1, -0.05) is 129 Å². The second kappa shape index (κ2) is 8.96. The molecule has 2 aliphatic heterocycles. The van der Waals surface area contributed by atoms with Crippen molar-refractivity contribution in [2.24, 2.45) is 35.0 Å². The fraction of sp³-hybridized carbons (Fsp3) is 0.385. The molecule has 2 heterocycles. The molecule has 1 saturated heterocycles. The van der Waals surface area contributed by atoms with Crippen LogP contribution in [-0.4, -0.2) is 0 Å². The second-order valence-corrected chi connectivity index (χ2v) is 19.4. The van der Waals surface area contributed by atoms with Crippen molar-refractivity contribution in [1.82, 2.24) is 0 Å². The van der Waals surface area contributed by atoms with Gasteiger partial charge in [-0.05, 0) is 93.7 Å². The van der Waals surface area contributed by atoms with Crippen LogP contribution < -0.4 is 0 Å². The molecule has 10 aliphatic rings. The van der Waals surface area contributed by atoms with Crippen molar-refractivity contribution < 1.29 is 0 Å². The summed E-state index contributed by atoms with van der Waals surface area (Å²) in [7, 11) is 0. The Bertz CT molecular complexity index is 1910. The lowest BCUT2D eigenvalue weighted by Crippen LogP contribution is -2.45. The number of thioether (sulfide) groups is 4. The maximum atomic E-state index is 4.51. The van der Waals surface area contributed by atoms with Crippen LogP contribution in [-0.2, 0) is 0 Å². The Balaban J connectivity index is 0.946. The Morgan fingerprint density at radius 1 is 0.860 bits per heavy atom. The van der Waals surface area contributed by atoms with E-state index < -0.39 is 0 Å². The van der Waals surface area contributed by atoms with Gasteiger partial charge in [-0.3, -0.25) is 0 Å². The first-order chi connectivity index (χ1) is 20.7. The first-order valence-electron chi connectivity index (χ1n) is 16.1. The highest BCUT2D eigenvalue weighted by atomic mass is 32.2. The first kappa shape index (κ1) is 26.5. The molecule has 0 N–H and O–H groups in total. The van der Waals surface area contributed by atoms with Crippen LogP contribution in [0.2, 0.25) is 0 Å². The normalized spacial score (nSPS) is 37.9. The number of hydrogen-bond acceptors (Lipinski definition) is 4. The largest absolute Gasteiger partial charge is 0.0987 e. The van der Waals surface area contributed by atoms with E-state index in [1.165, 1.54) is 63.7 Å². The minimum absolute atomic E-state index is 0.289. The Kier molecular flexibility index (Phi) is 5.52. The average Bonchev–Trinajstić information content (AvgIpc) is 3.62. The van der Waals surface area contributed by atoms with Crippen molar-refractivity contribution in [1.29, 1.82) is 0 Å². The van der Waals surface area contributed by atoms with E-state index in [9.17, 15) is 0 Å². The van der Waals surface area contributed by atoms with E-state index in [1.807, 2.05) is 47.0 Å². The SMILES string of the molecule is C=C1C2CC1(C)C(C)c1cc3cc4c(cc3cc12)S/C(=C1/SC2=CC3=CC5=C(CC3C=C2S1)C1C=CC5CC1C(C)C)S4. The molecule has 7 unspecified atom stereocenters. The van der Waals surface area contributed by atoms with E-state index in [-0.39, 0.29) is 5.41 Å². The Morgan fingerprint density at radius 3 is 2.33 bits per heavy atom. The molecule has 12 rings (SSSR count). The summed E-state index contributed by atoms with van der Waals surface area (Å²) >= 11 is 8.03. The quantitative estimate of drug-likeness (QED) is 0.287. The zero-order chi connectivity index (χ0) is 28.9. The zero-order valence-electron chi connectivity index (χ0n) is 25.2. The van der Waals surface area contributed by atoms with E-state index in [2.05, 4.69) is 88.9 Å². The number of fused-ring (bicyclic) bond motifs is 5. The fourth-order valence-electron chi connectivity index (χ4n) is 9.52. The Morgan fingerprint density at radius 2 is 1.58 bits per heavy atom. The minimum Gasteiger partial charge on any atom is -0.0987 e. The lowest BCUT2D eigenvalue weighted by molar-refractivity contribution is 0.172. The number of allylic oxidation sites excluding steroid dienone is 9. The van der Waals surface area contributed by atoms with Crippen molar-refractivity contribution in [3.05, 3.63) is 113 Å². The first-order valence-corrected chi connectivity index (χ1v) is 19.3. The second-order valence-electron chi connectivity index (χ2n) is 14.7. The van der Waals surface area contributed by atoms with E-state index >= 15 is 0 Å². The third kappa shape index (κ3) is 3.59. The highest BCUT2D eigenvalue weighted by Gasteiger charge is 2.54. The molecule has 4 heteroatoms. The van der Waals surface area contributed by atoms with Gasteiger partial charge < -0.3 is 0 Å². The molecule has 0 spiro atoms. The molecule has 2 aromatic rings. The maximum absolute atomic E-state index is 4.51. The zero-order valence-corrected chi connectivity index (χ0v) is 28.5.